The van der Waals surface area contributed by atoms with Gasteiger partial charge in [0.2, 0.25) is 0 Å². The molecule has 0 saturated carbocycles. The van der Waals surface area contributed by atoms with Crippen LogP contribution in [0.15, 0.2) is 0 Å². The third kappa shape index (κ3) is 10.0. The van der Waals surface area contributed by atoms with E-state index in [0.717, 1.165) is 12.3 Å². The van der Waals surface area contributed by atoms with Gasteiger partial charge in [-0.25, -0.2) is 0 Å². The summed E-state index contributed by atoms with van der Waals surface area (Å²) in [4.78, 5) is 0. The Morgan fingerprint density at radius 1 is 1.00 bits per heavy atom. The normalized spacial score (nSPS) is 12.6. The van der Waals surface area contributed by atoms with Crippen LogP contribution in [0.25, 0.3) is 0 Å². The Morgan fingerprint density at radius 3 is 2.14 bits per heavy atom. The molecular formula is C13H26B. The molecule has 0 heterocycles. The molecule has 0 N–H and O–H groups in total. The molecule has 1 heteroatoms. The summed E-state index contributed by atoms with van der Waals surface area (Å²) in [6, 6.07) is 0. The first-order valence-corrected chi connectivity index (χ1v) is 6.34. The first-order valence-electron chi connectivity index (χ1n) is 6.34. The number of unbranched alkanes of at least 4 members (excludes halogenated alkanes) is 6. The van der Waals surface area contributed by atoms with Crippen LogP contribution < -0.4 is 0 Å². The summed E-state index contributed by atoms with van der Waals surface area (Å²) in [5.74, 6) is 2.59. The summed E-state index contributed by atoms with van der Waals surface area (Å²) in [5, 5.41) is 0. The van der Waals surface area contributed by atoms with Gasteiger partial charge in [0.25, 0.3) is 0 Å². The van der Waals surface area contributed by atoms with Gasteiger partial charge in [-0.2, -0.15) is 0 Å². The Balaban J connectivity index is 3.01. The first-order chi connectivity index (χ1) is 6.81. The van der Waals surface area contributed by atoms with E-state index < -0.39 is 0 Å². The predicted molar refractivity (Wildman–Crippen MR) is 68.2 cm³/mol. The Hall–Kier alpha value is -0.0651. The molecule has 0 fully saturated rings. The van der Waals surface area contributed by atoms with E-state index in [0.29, 0.717) is 0 Å². The van der Waals surface area contributed by atoms with Gasteiger partial charge in [-0.15, -0.1) is 0 Å². The van der Waals surface area contributed by atoms with Gasteiger partial charge in [-0.3, -0.25) is 0 Å². The van der Waals surface area contributed by atoms with Crippen molar-refractivity contribution in [2.24, 2.45) is 5.92 Å². The SMILES string of the molecule is [B]=CCC(C)CCCCCCCCC. The van der Waals surface area contributed by atoms with Crippen LogP contribution in [0.5, 0.6) is 0 Å². The molecule has 0 aliphatic carbocycles. The number of hydrogen-bond donors (Lipinski definition) is 0. The van der Waals surface area contributed by atoms with Crippen molar-refractivity contribution in [3.05, 3.63) is 0 Å². The van der Waals surface area contributed by atoms with Crippen molar-refractivity contribution in [1.29, 1.82) is 0 Å². The monoisotopic (exact) mass is 193 g/mol. The molecule has 0 aromatic heterocycles. The number of rotatable bonds is 10. The molecule has 0 aromatic carbocycles. The van der Waals surface area contributed by atoms with Gasteiger partial charge in [0.1, 0.15) is 0 Å². The molecule has 81 valence electrons. The van der Waals surface area contributed by atoms with E-state index >= 15 is 0 Å². The average Bonchev–Trinajstić information content (AvgIpc) is 2.17. The van der Waals surface area contributed by atoms with Crippen molar-refractivity contribution in [1.82, 2.24) is 0 Å². The van der Waals surface area contributed by atoms with Crippen molar-refractivity contribution >= 4 is 13.5 Å². The van der Waals surface area contributed by atoms with Gasteiger partial charge in [0.05, 0.1) is 0 Å². The quantitative estimate of drug-likeness (QED) is 0.361. The maximum atomic E-state index is 5.39. The van der Waals surface area contributed by atoms with Gasteiger partial charge < -0.3 is 0 Å². The average molecular weight is 193 g/mol. The van der Waals surface area contributed by atoms with Gasteiger partial charge in [-0.05, 0) is 0 Å². The Labute approximate surface area is 91.6 Å². The minimum absolute atomic E-state index is 0.788. The van der Waals surface area contributed by atoms with E-state index in [4.69, 9.17) is 7.49 Å². The van der Waals surface area contributed by atoms with Crippen LogP contribution in [-0.4, -0.2) is 13.5 Å². The summed E-state index contributed by atoms with van der Waals surface area (Å²) in [6.07, 6.45) is 12.3. The second-order valence-corrected chi connectivity index (χ2v) is 4.49. The van der Waals surface area contributed by atoms with Crippen molar-refractivity contribution in [3.8, 4) is 0 Å². The van der Waals surface area contributed by atoms with Crippen LogP contribution in [0, 0.1) is 5.92 Å². The zero-order valence-electron chi connectivity index (χ0n) is 10.1. The van der Waals surface area contributed by atoms with Crippen LogP contribution in [-0.2, 0) is 0 Å². The van der Waals surface area contributed by atoms with E-state index in [1.54, 1.807) is 5.97 Å². The summed E-state index contributed by atoms with van der Waals surface area (Å²) in [7, 11) is 5.39. The molecule has 0 aromatic rings. The second-order valence-electron chi connectivity index (χ2n) is 4.49. The van der Waals surface area contributed by atoms with Gasteiger partial charge in [0, 0.05) is 0 Å². The standard InChI is InChI=1S/C13H26B/c1-3-4-5-6-7-8-9-10-13(2)11-12-14/h12-13H,3-11H2,1-2H3. The summed E-state index contributed by atoms with van der Waals surface area (Å²) < 4.78 is 0. The van der Waals surface area contributed by atoms with E-state index in [1.807, 2.05) is 0 Å². The van der Waals surface area contributed by atoms with Crippen LogP contribution in [0.4, 0.5) is 0 Å². The van der Waals surface area contributed by atoms with E-state index in [9.17, 15) is 0 Å². The maximum absolute atomic E-state index is 5.39. The zero-order valence-corrected chi connectivity index (χ0v) is 10.1. The van der Waals surface area contributed by atoms with Gasteiger partial charge in [0.15, 0.2) is 0 Å². The zero-order chi connectivity index (χ0) is 10.6. The van der Waals surface area contributed by atoms with Crippen molar-refractivity contribution in [2.75, 3.05) is 0 Å². The fourth-order valence-electron chi connectivity index (χ4n) is 1.80. The Kier molecular flexibility index (Phi) is 11.0. The van der Waals surface area contributed by atoms with Crippen LogP contribution in [0.3, 0.4) is 0 Å². The van der Waals surface area contributed by atoms with Crippen LogP contribution >= 0.6 is 0 Å². The molecule has 0 aliphatic rings. The molecule has 0 nitrogen and oxygen atoms in total. The molecule has 0 aliphatic heterocycles. The Morgan fingerprint density at radius 2 is 1.57 bits per heavy atom. The number of hydrogen-bond acceptors (Lipinski definition) is 0. The molecule has 0 rings (SSSR count). The fraction of sp³-hybridized carbons (Fsp3) is 0.923. The van der Waals surface area contributed by atoms with Crippen LogP contribution in [0.2, 0.25) is 0 Å². The molecular weight excluding hydrogens is 167 g/mol. The summed E-state index contributed by atoms with van der Waals surface area (Å²) >= 11 is 0. The predicted octanol–water partition coefficient (Wildman–Crippen LogP) is 4.12. The minimum atomic E-state index is 0.788. The van der Waals surface area contributed by atoms with Crippen molar-refractivity contribution in [3.63, 3.8) is 0 Å². The molecule has 1 radical (unpaired) electrons. The third-order valence-electron chi connectivity index (χ3n) is 2.84. The summed E-state index contributed by atoms with van der Waals surface area (Å²) in [6.45, 7) is 4.56. The van der Waals surface area contributed by atoms with Gasteiger partial charge >= 0.3 is 91.0 Å². The third-order valence-corrected chi connectivity index (χ3v) is 2.84. The van der Waals surface area contributed by atoms with E-state index in [2.05, 4.69) is 13.8 Å². The van der Waals surface area contributed by atoms with E-state index in [-0.39, 0.29) is 0 Å². The molecule has 14 heavy (non-hydrogen) atoms. The molecule has 0 bridgehead atoms. The van der Waals surface area contributed by atoms with Crippen LogP contribution in [0.1, 0.15) is 71.6 Å². The molecule has 0 saturated heterocycles. The van der Waals surface area contributed by atoms with Crippen molar-refractivity contribution in [2.45, 2.75) is 71.6 Å². The molecule has 1 atom stereocenters. The van der Waals surface area contributed by atoms with E-state index in [1.165, 1.54) is 51.4 Å². The molecule has 1 unspecified atom stereocenters. The second kappa shape index (κ2) is 11.0. The first kappa shape index (κ1) is 13.9. The summed E-state index contributed by atoms with van der Waals surface area (Å²) in [5.41, 5.74) is 0. The molecule has 0 spiro atoms. The van der Waals surface area contributed by atoms with Gasteiger partial charge in [-0.1, -0.05) is 0 Å². The topological polar surface area (TPSA) is 0 Å². The fourth-order valence-corrected chi connectivity index (χ4v) is 1.80. The molecule has 0 amide bonds. The Bertz CT molecular complexity index is 120. The van der Waals surface area contributed by atoms with Crippen molar-refractivity contribution < 1.29 is 0 Å².